The summed E-state index contributed by atoms with van der Waals surface area (Å²) in [7, 11) is -3.74. The molecule has 2 rings (SSSR count). The van der Waals surface area contributed by atoms with E-state index in [1.807, 2.05) is 54.6 Å². The van der Waals surface area contributed by atoms with Crippen LogP contribution in [0.3, 0.4) is 0 Å². The van der Waals surface area contributed by atoms with Gasteiger partial charge in [-0.25, -0.2) is 13.1 Å². The normalized spacial score (nSPS) is 12.3. The molecular weight excluding hydrogens is 404 g/mol. The molecule has 0 radical (unpaired) electrons. The van der Waals surface area contributed by atoms with E-state index in [4.69, 9.17) is 0 Å². The van der Waals surface area contributed by atoms with Gasteiger partial charge in [0, 0.05) is 13.5 Å². The van der Waals surface area contributed by atoms with Crippen molar-refractivity contribution in [3.05, 3.63) is 60.2 Å². The zero-order chi connectivity index (χ0) is 22.0. The van der Waals surface area contributed by atoms with E-state index in [0.717, 1.165) is 16.7 Å². The van der Waals surface area contributed by atoms with Crippen molar-refractivity contribution in [3.8, 4) is 11.1 Å². The van der Waals surface area contributed by atoms with Crippen LogP contribution >= 0.6 is 0 Å². The Hall–Kier alpha value is -2.71. The summed E-state index contributed by atoms with van der Waals surface area (Å²) >= 11 is 0. The average molecular weight is 433 g/mol. The van der Waals surface area contributed by atoms with Crippen LogP contribution in [0.2, 0.25) is 0 Å². The molecular formula is C22H28N2O5S. The van der Waals surface area contributed by atoms with Crippen LogP contribution in [-0.2, 0) is 26.0 Å². The largest absolute Gasteiger partial charge is 0.480 e. The first-order valence-corrected chi connectivity index (χ1v) is 11.5. The Balaban J connectivity index is 1.85. The first kappa shape index (κ1) is 23.6. The summed E-state index contributed by atoms with van der Waals surface area (Å²) in [5.41, 5.74) is 2.99. The van der Waals surface area contributed by atoms with E-state index in [0.29, 0.717) is 25.8 Å². The van der Waals surface area contributed by atoms with Crippen molar-refractivity contribution in [1.29, 1.82) is 0 Å². The van der Waals surface area contributed by atoms with Crippen LogP contribution in [0.1, 0.15) is 31.7 Å². The van der Waals surface area contributed by atoms with Crippen LogP contribution in [-0.4, -0.2) is 43.7 Å². The molecule has 3 N–H and O–H groups in total. The SMILES string of the molecule is CC(=O)NCCCCC(NS(=O)(=O)CCc1ccc(-c2ccccc2)cc1)C(=O)O. The molecule has 0 fully saturated rings. The third kappa shape index (κ3) is 8.34. The van der Waals surface area contributed by atoms with Gasteiger partial charge >= 0.3 is 5.97 Å². The summed E-state index contributed by atoms with van der Waals surface area (Å²) in [5, 5.41) is 11.9. The van der Waals surface area contributed by atoms with Gasteiger partial charge in [0.15, 0.2) is 0 Å². The highest BCUT2D eigenvalue weighted by atomic mass is 32.2. The molecule has 0 saturated heterocycles. The van der Waals surface area contributed by atoms with Crippen molar-refractivity contribution in [1.82, 2.24) is 10.0 Å². The lowest BCUT2D eigenvalue weighted by atomic mass is 10.0. The second-order valence-electron chi connectivity index (χ2n) is 7.12. The van der Waals surface area contributed by atoms with Gasteiger partial charge in [-0.3, -0.25) is 9.59 Å². The fourth-order valence-corrected chi connectivity index (χ4v) is 4.27. The molecule has 8 heteroatoms. The van der Waals surface area contributed by atoms with Gasteiger partial charge < -0.3 is 10.4 Å². The summed E-state index contributed by atoms with van der Waals surface area (Å²) in [5.74, 6) is -1.54. The van der Waals surface area contributed by atoms with E-state index in [-0.39, 0.29) is 18.1 Å². The summed E-state index contributed by atoms with van der Waals surface area (Å²) in [4.78, 5) is 22.2. The summed E-state index contributed by atoms with van der Waals surface area (Å²) in [6.07, 6.45) is 1.53. The number of amides is 1. The van der Waals surface area contributed by atoms with Gasteiger partial charge in [0.25, 0.3) is 0 Å². The number of carboxylic acids is 1. The van der Waals surface area contributed by atoms with Crippen LogP contribution < -0.4 is 10.0 Å². The number of benzene rings is 2. The smallest absolute Gasteiger partial charge is 0.321 e. The Kier molecular flexibility index (Phi) is 9.01. The maximum Gasteiger partial charge on any atom is 0.321 e. The minimum atomic E-state index is -3.74. The Morgan fingerprint density at radius 2 is 1.60 bits per heavy atom. The summed E-state index contributed by atoms with van der Waals surface area (Å²) in [6, 6.07) is 16.4. The van der Waals surface area contributed by atoms with Gasteiger partial charge in [-0.2, -0.15) is 0 Å². The summed E-state index contributed by atoms with van der Waals surface area (Å²) < 4.78 is 27.0. The molecule has 0 saturated carbocycles. The van der Waals surface area contributed by atoms with Crippen molar-refractivity contribution in [2.75, 3.05) is 12.3 Å². The Labute approximate surface area is 177 Å². The van der Waals surface area contributed by atoms with Gasteiger partial charge in [0.2, 0.25) is 15.9 Å². The lowest BCUT2D eigenvalue weighted by Gasteiger charge is -2.15. The second kappa shape index (κ2) is 11.5. The number of rotatable bonds is 12. The number of unbranched alkanes of at least 4 members (excludes halogenated alkanes) is 1. The molecule has 30 heavy (non-hydrogen) atoms. The van der Waals surface area contributed by atoms with E-state index in [9.17, 15) is 23.1 Å². The molecule has 0 aromatic heterocycles. The standard InChI is InChI=1S/C22H28N2O5S/c1-17(25)23-15-6-5-9-21(22(26)27)24-30(28,29)16-14-18-10-12-20(13-11-18)19-7-3-2-4-8-19/h2-4,7-8,10-13,21,24H,5-6,9,14-16H2,1H3,(H,23,25)(H,26,27). The molecule has 1 atom stereocenters. The van der Waals surface area contributed by atoms with Crippen molar-refractivity contribution >= 4 is 21.9 Å². The van der Waals surface area contributed by atoms with Crippen molar-refractivity contribution in [2.24, 2.45) is 0 Å². The highest BCUT2D eigenvalue weighted by Crippen LogP contribution is 2.19. The van der Waals surface area contributed by atoms with Gasteiger partial charge in [0.1, 0.15) is 6.04 Å². The predicted octanol–water partition coefficient (Wildman–Crippen LogP) is 2.58. The van der Waals surface area contributed by atoms with Crippen LogP contribution in [0, 0.1) is 0 Å². The van der Waals surface area contributed by atoms with Crippen molar-refractivity contribution in [3.63, 3.8) is 0 Å². The number of carbonyl (C=O) groups excluding carboxylic acids is 1. The molecule has 0 bridgehead atoms. The maximum atomic E-state index is 12.4. The maximum absolute atomic E-state index is 12.4. The Morgan fingerprint density at radius 3 is 2.20 bits per heavy atom. The van der Waals surface area contributed by atoms with Crippen LogP contribution in [0.4, 0.5) is 0 Å². The monoisotopic (exact) mass is 432 g/mol. The third-order valence-corrected chi connectivity index (χ3v) is 6.02. The van der Waals surface area contributed by atoms with E-state index in [1.165, 1.54) is 6.92 Å². The fourth-order valence-electron chi connectivity index (χ4n) is 2.99. The van der Waals surface area contributed by atoms with E-state index in [2.05, 4.69) is 10.0 Å². The molecule has 2 aromatic rings. The number of sulfonamides is 1. The number of aliphatic carboxylic acids is 1. The van der Waals surface area contributed by atoms with E-state index in [1.54, 1.807) is 0 Å². The first-order valence-electron chi connectivity index (χ1n) is 9.88. The second-order valence-corrected chi connectivity index (χ2v) is 8.99. The third-order valence-electron chi connectivity index (χ3n) is 4.63. The topological polar surface area (TPSA) is 113 Å². The predicted molar refractivity (Wildman–Crippen MR) is 116 cm³/mol. The molecule has 0 aliphatic heterocycles. The number of nitrogens with one attached hydrogen (secondary N) is 2. The Morgan fingerprint density at radius 1 is 0.967 bits per heavy atom. The zero-order valence-corrected chi connectivity index (χ0v) is 17.8. The summed E-state index contributed by atoms with van der Waals surface area (Å²) in [6.45, 7) is 1.84. The van der Waals surface area contributed by atoms with Gasteiger partial charge in [-0.1, -0.05) is 54.6 Å². The molecule has 1 unspecified atom stereocenters. The first-order chi connectivity index (χ1) is 14.3. The quantitative estimate of drug-likeness (QED) is 0.446. The van der Waals surface area contributed by atoms with E-state index >= 15 is 0 Å². The fraction of sp³-hybridized carbons (Fsp3) is 0.364. The number of carboxylic acid groups (broad SMARTS) is 1. The average Bonchev–Trinajstić information content (AvgIpc) is 2.72. The lowest BCUT2D eigenvalue weighted by Crippen LogP contribution is -2.42. The van der Waals surface area contributed by atoms with Crippen molar-refractivity contribution < 1.29 is 23.1 Å². The van der Waals surface area contributed by atoms with E-state index < -0.39 is 22.0 Å². The molecule has 162 valence electrons. The minimum Gasteiger partial charge on any atom is -0.480 e. The molecule has 0 aliphatic carbocycles. The van der Waals surface area contributed by atoms with Gasteiger partial charge in [0.05, 0.1) is 5.75 Å². The molecule has 0 spiro atoms. The number of carbonyl (C=O) groups is 2. The van der Waals surface area contributed by atoms with Crippen LogP contribution in [0.25, 0.3) is 11.1 Å². The number of hydrogen-bond acceptors (Lipinski definition) is 4. The molecule has 1 amide bonds. The Bertz CT molecular complexity index is 928. The highest BCUT2D eigenvalue weighted by Gasteiger charge is 2.23. The highest BCUT2D eigenvalue weighted by molar-refractivity contribution is 7.89. The van der Waals surface area contributed by atoms with Crippen molar-refractivity contribution in [2.45, 2.75) is 38.6 Å². The molecule has 7 nitrogen and oxygen atoms in total. The van der Waals surface area contributed by atoms with Gasteiger partial charge in [-0.15, -0.1) is 0 Å². The zero-order valence-electron chi connectivity index (χ0n) is 17.0. The molecule has 0 heterocycles. The molecule has 0 aliphatic rings. The van der Waals surface area contributed by atoms with Crippen LogP contribution in [0.15, 0.2) is 54.6 Å². The number of aryl methyl sites for hydroxylation is 1. The van der Waals surface area contributed by atoms with Crippen LogP contribution in [0.5, 0.6) is 0 Å². The minimum absolute atomic E-state index is 0.151. The lowest BCUT2D eigenvalue weighted by molar-refractivity contribution is -0.139. The molecule has 2 aromatic carbocycles. The number of hydrogen-bond donors (Lipinski definition) is 3. The van der Waals surface area contributed by atoms with Gasteiger partial charge in [-0.05, 0) is 42.4 Å².